The summed E-state index contributed by atoms with van der Waals surface area (Å²) in [6.45, 7) is -0.247. The molecular weight excluding hydrogens is 1230 g/mol. The van der Waals surface area contributed by atoms with Crippen LogP contribution < -0.4 is 51.7 Å². The zero-order chi connectivity index (χ0) is 55.2. The molecule has 0 N–H and O–H groups in total. The van der Waals surface area contributed by atoms with Gasteiger partial charge in [0.25, 0.3) is 6.71 Å². The van der Waals surface area contributed by atoms with Gasteiger partial charge in [0.05, 0.1) is 33.6 Å². The average molecular weight is 1270 g/mol. The number of rotatable bonds is 6. The molecule has 0 unspecified atom stereocenters. The number of imidazole rings is 2. The summed E-state index contributed by atoms with van der Waals surface area (Å²) in [6.07, 6.45) is 3.63. The van der Waals surface area contributed by atoms with E-state index >= 15 is 0 Å². The summed E-state index contributed by atoms with van der Waals surface area (Å²) in [6, 6.07) is 89.4. The van der Waals surface area contributed by atoms with E-state index in [0.29, 0.717) is 0 Å². The molecule has 4 aromatic heterocycles. The van der Waals surface area contributed by atoms with Crippen LogP contribution in [0, 0.1) is 12.1 Å². The van der Waals surface area contributed by atoms with E-state index in [-0.39, 0.29) is 34.5 Å². The number of ether oxygens (including phenoxy) is 4. The van der Waals surface area contributed by atoms with E-state index in [1.807, 2.05) is 152 Å². The minimum atomic E-state index is -0.179. The van der Waals surface area contributed by atoms with Crippen molar-refractivity contribution >= 4 is 68.3 Å². The molecule has 0 amide bonds. The van der Waals surface area contributed by atoms with E-state index in [2.05, 4.69) is 128 Å². The summed E-state index contributed by atoms with van der Waals surface area (Å²) in [7, 11) is 0. The summed E-state index contributed by atoms with van der Waals surface area (Å²) in [5.41, 5.74) is 17.8. The van der Waals surface area contributed by atoms with Crippen molar-refractivity contribution in [3.05, 3.63) is 267 Å². The van der Waals surface area contributed by atoms with Crippen LogP contribution in [0.3, 0.4) is 0 Å². The molecule has 18 rings (SSSR count). The van der Waals surface area contributed by atoms with Crippen LogP contribution in [0.4, 0.5) is 0 Å². The molecule has 4 aliphatic heterocycles. The Morgan fingerprint density at radius 1 is 0.341 bits per heavy atom. The molecule has 0 bridgehead atoms. The number of para-hydroxylation sites is 6. The molecule has 4 aliphatic rings. The van der Waals surface area contributed by atoms with Crippen molar-refractivity contribution in [1.29, 1.82) is 0 Å². The van der Waals surface area contributed by atoms with Crippen molar-refractivity contribution in [2.75, 3.05) is 0 Å². The summed E-state index contributed by atoms with van der Waals surface area (Å²) in [5, 5.41) is 0. The largest absolute Gasteiger partial charge is 2.00 e. The van der Waals surface area contributed by atoms with Gasteiger partial charge in [0.2, 0.25) is 6.71 Å². The van der Waals surface area contributed by atoms with Crippen molar-refractivity contribution in [2.45, 2.75) is 0 Å². The predicted octanol–water partition coefficient (Wildman–Crippen LogP) is 12.6. The van der Waals surface area contributed by atoms with Crippen LogP contribution in [0.2, 0.25) is 0 Å². The molecule has 0 aliphatic carbocycles. The first-order chi connectivity index (χ1) is 41.6. The van der Waals surface area contributed by atoms with E-state index in [9.17, 15) is 0 Å². The van der Waals surface area contributed by atoms with Gasteiger partial charge in [-0.05, 0) is 137 Å². The Bertz CT molecular complexity index is 4610. The monoisotopic (exact) mass is 1270 g/mol. The minimum absolute atomic E-state index is 0. The Hall–Kier alpha value is -10.5. The molecule has 0 atom stereocenters. The fourth-order valence-corrected chi connectivity index (χ4v) is 12.4. The summed E-state index contributed by atoms with van der Waals surface area (Å²) >= 11 is 0. The molecule has 0 saturated heterocycles. The molecule has 0 fully saturated rings. The second-order valence-electron chi connectivity index (χ2n) is 21.0. The second-order valence-corrected chi connectivity index (χ2v) is 21.0. The van der Waals surface area contributed by atoms with Gasteiger partial charge >= 0.3 is 21.1 Å². The maximum Gasteiger partial charge on any atom is 2.00 e. The maximum atomic E-state index is 6.50. The van der Waals surface area contributed by atoms with Crippen LogP contribution in [-0.4, -0.2) is 42.5 Å². The van der Waals surface area contributed by atoms with E-state index < -0.39 is 0 Å². The number of nitrogens with zero attached hydrogens (tertiary/aromatic N) is 6. The Morgan fingerprint density at radius 3 is 1.36 bits per heavy atom. The topological polar surface area (TPSA) is 98.3 Å². The normalized spacial score (nSPS) is 12.5. The van der Waals surface area contributed by atoms with E-state index in [1.54, 1.807) is 6.20 Å². The van der Waals surface area contributed by atoms with Gasteiger partial charge in [-0.15, -0.1) is 58.5 Å². The number of hydrogen-bond donors (Lipinski definition) is 0. The van der Waals surface area contributed by atoms with Crippen LogP contribution in [0.1, 0.15) is 0 Å². The summed E-state index contributed by atoms with van der Waals surface area (Å²) in [5.74, 6) is 8.14. The fourth-order valence-electron chi connectivity index (χ4n) is 12.4. The Morgan fingerprint density at radius 2 is 0.788 bits per heavy atom. The van der Waals surface area contributed by atoms with E-state index in [1.165, 1.54) is 0 Å². The quantitative estimate of drug-likeness (QED) is 0.120. The van der Waals surface area contributed by atoms with Gasteiger partial charge in [-0.25, -0.2) is 4.98 Å². The number of pyridine rings is 2. The third kappa shape index (κ3) is 8.39. The van der Waals surface area contributed by atoms with Gasteiger partial charge in [0.15, 0.2) is 0 Å². The molecule has 0 spiro atoms. The molecule has 8 heterocycles. The summed E-state index contributed by atoms with van der Waals surface area (Å²) < 4.78 is 30.2. The van der Waals surface area contributed by atoms with Crippen molar-refractivity contribution in [1.82, 2.24) is 29.1 Å². The van der Waals surface area contributed by atoms with Gasteiger partial charge in [-0.3, -0.25) is 14.5 Å². The van der Waals surface area contributed by atoms with Gasteiger partial charge in [0, 0.05) is 51.8 Å². The van der Waals surface area contributed by atoms with Crippen LogP contribution in [-0.2, 0) is 21.1 Å². The molecule has 13 heteroatoms. The summed E-state index contributed by atoms with van der Waals surface area (Å²) in [4.78, 5) is 19.4. The van der Waals surface area contributed by atoms with Crippen LogP contribution in [0.5, 0.6) is 46.0 Å². The first kappa shape index (κ1) is 50.2. The van der Waals surface area contributed by atoms with Crippen molar-refractivity contribution < 1.29 is 40.0 Å². The molecule has 10 nitrogen and oxygen atoms in total. The fraction of sp³-hybridized carbons (Fsp3) is 0. The van der Waals surface area contributed by atoms with Crippen LogP contribution in [0.25, 0.3) is 78.7 Å². The number of aromatic nitrogens is 6. The molecule has 85 heavy (non-hydrogen) atoms. The van der Waals surface area contributed by atoms with E-state index in [4.69, 9.17) is 28.9 Å². The molecule has 0 radical (unpaired) electrons. The zero-order valence-electron chi connectivity index (χ0n) is 45.0. The Kier molecular flexibility index (Phi) is 12.1. The molecule has 10 aromatic carbocycles. The molecule has 0 saturated carbocycles. The second kappa shape index (κ2) is 20.4. The number of benzene rings is 10. The van der Waals surface area contributed by atoms with Crippen LogP contribution in [0.15, 0.2) is 255 Å². The van der Waals surface area contributed by atoms with Gasteiger partial charge < -0.3 is 28.5 Å². The average Bonchev–Trinajstić information content (AvgIpc) is 2.32. The smallest absolute Gasteiger partial charge is 0.503 e. The standard InChI is InChI=1S/C36H22BN3O2.C36H20BN3O2.Pt/c2*1-2-9-25(10-3-1)40-30-13-5-4-12-29(30)39-36(40)24-17-19-32-27(22-24)37-26-21-23(28-11-6-7-20-38-28)16-18-31(26)41-33-14-8-15-34(42-32)35(33)37;/h1-22H;1-20H;/q;-2;+2. The molecular formula is C72H42B2N6O4Pt. The maximum absolute atomic E-state index is 6.50. The van der Waals surface area contributed by atoms with Gasteiger partial charge in [-0.1, -0.05) is 103 Å². The number of fused-ring (bicyclic) bond motifs is 10. The Balaban J connectivity index is 0.000000137. The molecule has 400 valence electrons. The molecule has 14 aromatic rings. The SMILES string of the molecule is [Pt+2].[c-]1c(-c2ccccn2)ccc2c1B1c3[c-]c(-c4nc5ccccc5n4-c4ccccc4)ccc3Oc3cccc(c31)O2.c1ccc(-n2c(-c3ccc4c(c3)B3c5cc(-c6ccccn6)ccc5Oc5cccc(c53)O4)nc3ccccc32)cc1. The third-order valence-electron chi connectivity index (χ3n) is 16.2. The van der Waals surface area contributed by atoms with Crippen molar-refractivity contribution in [2.24, 2.45) is 0 Å². The Labute approximate surface area is 504 Å². The van der Waals surface area contributed by atoms with Gasteiger partial charge in [-0.2, -0.15) is 0 Å². The zero-order valence-corrected chi connectivity index (χ0v) is 47.3. The number of hydrogen-bond acceptors (Lipinski definition) is 8. The predicted molar refractivity (Wildman–Crippen MR) is 333 cm³/mol. The van der Waals surface area contributed by atoms with Crippen molar-refractivity contribution in [3.8, 4) is 103 Å². The first-order valence-corrected chi connectivity index (χ1v) is 27.9. The third-order valence-corrected chi connectivity index (χ3v) is 16.2. The van der Waals surface area contributed by atoms with E-state index in [0.717, 1.165) is 158 Å². The minimum Gasteiger partial charge on any atom is -0.503 e. The van der Waals surface area contributed by atoms with Crippen molar-refractivity contribution in [3.63, 3.8) is 0 Å². The first-order valence-electron chi connectivity index (χ1n) is 27.9. The van der Waals surface area contributed by atoms with Gasteiger partial charge in [0.1, 0.15) is 40.3 Å². The van der Waals surface area contributed by atoms with Crippen LogP contribution >= 0.6 is 0 Å².